The highest BCUT2D eigenvalue weighted by molar-refractivity contribution is 8.00. The topological polar surface area (TPSA) is 107 Å². The Kier molecular flexibility index (Phi) is 6.52. The lowest BCUT2D eigenvalue weighted by Gasteiger charge is -2.14. The minimum atomic E-state index is -3.82. The van der Waals surface area contributed by atoms with Gasteiger partial charge in [-0.1, -0.05) is 42.4 Å². The number of para-hydroxylation sites is 1. The van der Waals surface area contributed by atoms with Gasteiger partial charge in [0.15, 0.2) is 5.16 Å². The number of thioether (sulfide) groups is 1. The van der Waals surface area contributed by atoms with Gasteiger partial charge in [-0.15, -0.1) is 0 Å². The summed E-state index contributed by atoms with van der Waals surface area (Å²) >= 11 is 7.41. The van der Waals surface area contributed by atoms with Crippen molar-refractivity contribution < 1.29 is 13.2 Å². The molecule has 3 aromatic rings. The number of hydrogen-bond donors (Lipinski definition) is 2. The molecule has 1 heterocycles. The van der Waals surface area contributed by atoms with Crippen molar-refractivity contribution in [3.8, 4) is 0 Å². The van der Waals surface area contributed by atoms with Gasteiger partial charge in [-0.3, -0.25) is 4.79 Å². The van der Waals surface area contributed by atoms with Crippen LogP contribution in [0.15, 0.2) is 52.5 Å². The number of fused-ring (bicyclic) bond motifs is 1. The fourth-order valence-corrected chi connectivity index (χ4v) is 4.47. The zero-order chi connectivity index (χ0) is 21.2. The van der Waals surface area contributed by atoms with E-state index in [2.05, 4.69) is 10.3 Å². The van der Waals surface area contributed by atoms with Crippen LogP contribution in [0.1, 0.15) is 20.3 Å². The van der Waals surface area contributed by atoms with E-state index in [1.165, 1.54) is 23.9 Å². The van der Waals surface area contributed by atoms with Gasteiger partial charge in [-0.25, -0.2) is 18.5 Å². The number of primary sulfonamides is 1. The standard InChI is InChI=1S/C19H21ClN4O3S2/c1-3-10-24-17-9-8-13(29(21,26)27)11-16(17)23-19(24)28-12(2)18(25)22-15-7-5-4-6-14(15)20/h4-9,11-12H,3,10H2,1-2H3,(H,22,25)(H2,21,26,27). The Morgan fingerprint density at radius 1 is 1.31 bits per heavy atom. The molecule has 1 amide bonds. The molecule has 154 valence electrons. The summed E-state index contributed by atoms with van der Waals surface area (Å²) in [7, 11) is -3.82. The number of benzene rings is 2. The Morgan fingerprint density at radius 3 is 2.69 bits per heavy atom. The van der Waals surface area contributed by atoms with Gasteiger partial charge in [0.2, 0.25) is 15.9 Å². The average molecular weight is 453 g/mol. The fourth-order valence-electron chi connectivity index (χ4n) is 2.80. The second kappa shape index (κ2) is 8.74. The molecule has 0 aliphatic rings. The lowest BCUT2D eigenvalue weighted by Crippen LogP contribution is -2.23. The third kappa shape index (κ3) is 4.92. The maximum Gasteiger partial charge on any atom is 0.238 e. The van der Waals surface area contributed by atoms with Crippen molar-refractivity contribution in [2.24, 2.45) is 5.14 Å². The third-order valence-electron chi connectivity index (χ3n) is 4.24. The molecule has 7 nitrogen and oxygen atoms in total. The summed E-state index contributed by atoms with van der Waals surface area (Å²) in [6.45, 7) is 4.50. The molecule has 2 aromatic carbocycles. The Morgan fingerprint density at radius 2 is 2.03 bits per heavy atom. The fraction of sp³-hybridized carbons (Fsp3) is 0.263. The molecule has 0 fully saturated rings. The number of aryl methyl sites for hydroxylation is 1. The highest BCUT2D eigenvalue weighted by Crippen LogP contribution is 2.30. The van der Waals surface area contributed by atoms with E-state index in [0.29, 0.717) is 27.9 Å². The van der Waals surface area contributed by atoms with Crippen LogP contribution < -0.4 is 10.5 Å². The van der Waals surface area contributed by atoms with Crippen LogP contribution in [-0.4, -0.2) is 29.1 Å². The predicted molar refractivity (Wildman–Crippen MR) is 117 cm³/mol. The second-order valence-corrected chi connectivity index (χ2v) is 9.75. The number of rotatable bonds is 7. The summed E-state index contributed by atoms with van der Waals surface area (Å²) < 4.78 is 25.3. The van der Waals surface area contributed by atoms with Crippen LogP contribution in [-0.2, 0) is 21.4 Å². The molecule has 1 atom stereocenters. The molecular weight excluding hydrogens is 432 g/mol. The van der Waals surface area contributed by atoms with Crippen molar-refractivity contribution in [3.63, 3.8) is 0 Å². The number of nitrogens with one attached hydrogen (secondary N) is 1. The molecule has 10 heteroatoms. The third-order valence-corrected chi connectivity index (χ3v) is 6.57. The number of nitrogens with two attached hydrogens (primary N) is 1. The first-order valence-corrected chi connectivity index (χ1v) is 11.8. The van der Waals surface area contributed by atoms with Gasteiger partial charge in [0, 0.05) is 6.54 Å². The summed E-state index contributed by atoms with van der Waals surface area (Å²) in [5.41, 5.74) is 1.86. The first-order valence-electron chi connectivity index (χ1n) is 8.96. The molecular formula is C19H21ClN4O3S2. The number of amides is 1. The van der Waals surface area contributed by atoms with E-state index < -0.39 is 15.3 Å². The smallest absolute Gasteiger partial charge is 0.238 e. The van der Waals surface area contributed by atoms with Gasteiger partial charge >= 0.3 is 0 Å². The van der Waals surface area contributed by atoms with E-state index in [-0.39, 0.29) is 10.8 Å². The second-order valence-electron chi connectivity index (χ2n) is 6.47. The molecule has 29 heavy (non-hydrogen) atoms. The lowest BCUT2D eigenvalue weighted by molar-refractivity contribution is -0.115. The highest BCUT2D eigenvalue weighted by atomic mass is 35.5. The van der Waals surface area contributed by atoms with Gasteiger partial charge in [0.1, 0.15) is 0 Å². The van der Waals surface area contributed by atoms with E-state index in [9.17, 15) is 13.2 Å². The first kappa shape index (κ1) is 21.6. The quantitative estimate of drug-likeness (QED) is 0.529. The number of sulfonamides is 1. The van der Waals surface area contributed by atoms with Gasteiger partial charge < -0.3 is 9.88 Å². The van der Waals surface area contributed by atoms with Crippen molar-refractivity contribution in [2.45, 2.75) is 42.1 Å². The van der Waals surface area contributed by atoms with Crippen LogP contribution in [0, 0.1) is 0 Å². The minimum Gasteiger partial charge on any atom is -0.324 e. The number of carbonyl (C=O) groups is 1. The monoisotopic (exact) mass is 452 g/mol. The molecule has 3 N–H and O–H groups in total. The first-order chi connectivity index (χ1) is 13.7. The largest absolute Gasteiger partial charge is 0.324 e. The van der Waals surface area contributed by atoms with Crippen molar-refractivity contribution in [1.82, 2.24) is 9.55 Å². The number of halogens is 1. The van der Waals surface area contributed by atoms with Crippen LogP contribution in [0.3, 0.4) is 0 Å². The summed E-state index contributed by atoms with van der Waals surface area (Å²) in [6.07, 6.45) is 0.857. The number of anilines is 1. The van der Waals surface area contributed by atoms with Crippen LogP contribution in [0.5, 0.6) is 0 Å². The van der Waals surface area contributed by atoms with Crippen molar-refractivity contribution in [1.29, 1.82) is 0 Å². The Hall–Kier alpha value is -2.07. The number of hydrogen-bond acceptors (Lipinski definition) is 5. The lowest BCUT2D eigenvalue weighted by atomic mass is 10.3. The molecule has 0 saturated heterocycles. The van der Waals surface area contributed by atoms with E-state index in [1.807, 2.05) is 11.5 Å². The summed E-state index contributed by atoms with van der Waals surface area (Å²) in [5.74, 6) is -0.205. The van der Waals surface area contributed by atoms with Gasteiger partial charge in [-0.2, -0.15) is 0 Å². The van der Waals surface area contributed by atoms with Crippen LogP contribution >= 0.6 is 23.4 Å². The Labute approximate surface area is 178 Å². The van der Waals surface area contributed by atoms with E-state index in [0.717, 1.165) is 11.9 Å². The number of nitrogens with zero attached hydrogens (tertiary/aromatic N) is 2. The average Bonchev–Trinajstić information content (AvgIpc) is 2.99. The molecule has 0 aliphatic carbocycles. The molecule has 0 bridgehead atoms. The van der Waals surface area contributed by atoms with Gasteiger partial charge in [0.25, 0.3) is 0 Å². The number of carbonyl (C=O) groups excluding carboxylic acids is 1. The van der Waals surface area contributed by atoms with Crippen LogP contribution in [0.2, 0.25) is 5.02 Å². The zero-order valence-electron chi connectivity index (χ0n) is 15.9. The van der Waals surface area contributed by atoms with Gasteiger partial charge in [0.05, 0.1) is 31.9 Å². The Bertz CT molecular complexity index is 1160. The molecule has 3 rings (SSSR count). The normalized spacial score (nSPS) is 12.8. The number of imidazole rings is 1. The van der Waals surface area contributed by atoms with E-state index >= 15 is 0 Å². The summed E-state index contributed by atoms with van der Waals surface area (Å²) in [4.78, 5) is 17.2. The predicted octanol–water partition coefficient (Wildman–Crippen LogP) is 3.87. The molecule has 1 aromatic heterocycles. The SMILES string of the molecule is CCCn1c(SC(C)C(=O)Nc2ccccc2Cl)nc2cc(S(N)(=O)=O)ccc21. The molecule has 0 spiro atoms. The Balaban J connectivity index is 1.88. The summed E-state index contributed by atoms with van der Waals surface area (Å²) in [6, 6.07) is 11.6. The van der Waals surface area contributed by atoms with E-state index in [4.69, 9.17) is 16.7 Å². The molecule has 0 radical (unpaired) electrons. The van der Waals surface area contributed by atoms with Crippen molar-refractivity contribution in [3.05, 3.63) is 47.5 Å². The maximum atomic E-state index is 12.6. The van der Waals surface area contributed by atoms with Crippen molar-refractivity contribution in [2.75, 3.05) is 5.32 Å². The maximum absolute atomic E-state index is 12.6. The zero-order valence-corrected chi connectivity index (χ0v) is 18.3. The molecule has 1 unspecified atom stereocenters. The minimum absolute atomic E-state index is 0.00668. The number of aromatic nitrogens is 2. The van der Waals surface area contributed by atoms with Gasteiger partial charge in [-0.05, 0) is 43.7 Å². The van der Waals surface area contributed by atoms with Crippen LogP contribution in [0.4, 0.5) is 5.69 Å². The summed E-state index contributed by atoms with van der Waals surface area (Å²) in [5, 5.41) is 8.70. The van der Waals surface area contributed by atoms with E-state index in [1.54, 1.807) is 37.3 Å². The van der Waals surface area contributed by atoms with Crippen molar-refractivity contribution >= 4 is 56.0 Å². The van der Waals surface area contributed by atoms with Crippen LogP contribution in [0.25, 0.3) is 11.0 Å². The molecule has 0 aliphatic heterocycles. The highest BCUT2D eigenvalue weighted by Gasteiger charge is 2.21. The molecule has 0 saturated carbocycles.